The molecule has 3 aromatic rings. The van der Waals surface area contributed by atoms with Gasteiger partial charge in [0.25, 0.3) is 11.8 Å². The first-order chi connectivity index (χ1) is 20.9. The molecule has 8 nitrogen and oxygen atoms in total. The van der Waals surface area contributed by atoms with Gasteiger partial charge < -0.3 is 16.4 Å². The van der Waals surface area contributed by atoms with Gasteiger partial charge in [0.1, 0.15) is 16.7 Å². The van der Waals surface area contributed by atoms with Crippen molar-refractivity contribution in [2.24, 2.45) is 0 Å². The molecule has 0 aliphatic heterocycles. The predicted molar refractivity (Wildman–Crippen MR) is 168 cm³/mol. The smallest absolute Gasteiger partial charge is 0.273 e. The zero-order chi connectivity index (χ0) is 30.3. The van der Waals surface area contributed by atoms with Crippen LogP contribution in [0.1, 0.15) is 108 Å². The number of nitrogens with one attached hydrogen (secondary N) is 2. The van der Waals surface area contributed by atoms with Crippen LogP contribution in [0.25, 0.3) is 0 Å². The molecule has 5 rings (SSSR count). The molecule has 1 heterocycles. The second-order valence-corrected chi connectivity index (χ2v) is 12.3. The minimum Gasteiger partial charge on any atom is -0.395 e. The highest BCUT2D eigenvalue weighted by Gasteiger charge is 2.37. The Morgan fingerprint density at radius 1 is 0.907 bits per heavy atom. The van der Waals surface area contributed by atoms with E-state index < -0.39 is 23.7 Å². The topological polar surface area (TPSA) is 117 Å². The molecular weight excluding hydrogens is 565 g/mol. The normalized spacial score (nSPS) is 16.8. The number of hydrogen-bond donors (Lipinski definition) is 3. The molecule has 1 atom stereocenters. The maximum atomic E-state index is 14.5. The summed E-state index contributed by atoms with van der Waals surface area (Å²) in [4.78, 5) is 43.1. The quantitative estimate of drug-likeness (QED) is 0.264. The van der Waals surface area contributed by atoms with Gasteiger partial charge in [-0.25, -0.2) is 4.39 Å². The molecule has 2 fully saturated rings. The Balaban J connectivity index is 1.53. The van der Waals surface area contributed by atoms with Crippen molar-refractivity contribution in [1.29, 1.82) is 0 Å². The summed E-state index contributed by atoms with van der Waals surface area (Å²) in [6.45, 7) is 2.04. The fourth-order valence-corrected chi connectivity index (χ4v) is 6.83. The van der Waals surface area contributed by atoms with Crippen LogP contribution in [0.2, 0.25) is 0 Å². The van der Waals surface area contributed by atoms with E-state index in [1.165, 1.54) is 29.2 Å². The number of benzene rings is 2. The average molecular weight is 606 g/mol. The highest BCUT2D eigenvalue weighted by atomic mass is 32.1. The highest BCUT2D eigenvalue weighted by molar-refractivity contribution is 7.09. The summed E-state index contributed by atoms with van der Waals surface area (Å²) in [6, 6.07) is 12.0. The van der Waals surface area contributed by atoms with E-state index in [4.69, 9.17) is 5.73 Å². The third-order valence-electron chi connectivity index (χ3n) is 8.56. The number of rotatable bonds is 9. The van der Waals surface area contributed by atoms with E-state index >= 15 is 0 Å². The van der Waals surface area contributed by atoms with E-state index in [9.17, 15) is 18.8 Å². The molecule has 4 N–H and O–H groups in total. The zero-order valence-corrected chi connectivity index (χ0v) is 25.4. The van der Waals surface area contributed by atoms with E-state index in [1.807, 2.05) is 19.1 Å². The number of hydrogen-bond acceptors (Lipinski definition) is 6. The van der Waals surface area contributed by atoms with Crippen LogP contribution >= 0.6 is 11.5 Å². The van der Waals surface area contributed by atoms with Crippen molar-refractivity contribution in [3.63, 3.8) is 0 Å². The fraction of sp³-hybridized carbons (Fsp3) is 0.455. The standard InChI is InChI=1S/C33H40FN5O3S/c1-2-21-13-19-26(20-14-21)39(29(22-15-17-23(34)18-16-22)32(41)37-25-11-7-4-8-12-25)33(42)30-27(35)28(38-43-30)31(40)36-24-9-5-3-6-10-24/h13-20,24-25,29H,2-12,35H2,1H3,(H,36,40)(H,37,41)/t29-/m1/s1. The zero-order valence-electron chi connectivity index (χ0n) is 24.6. The average Bonchev–Trinajstić information content (AvgIpc) is 3.42. The molecule has 228 valence electrons. The molecular formula is C33H40FN5O3S. The van der Waals surface area contributed by atoms with Crippen LogP contribution in [0, 0.1) is 5.82 Å². The van der Waals surface area contributed by atoms with Gasteiger partial charge in [-0.05, 0) is 79.0 Å². The Bertz CT molecular complexity index is 1410. The lowest BCUT2D eigenvalue weighted by atomic mass is 9.94. The largest absolute Gasteiger partial charge is 0.395 e. The van der Waals surface area contributed by atoms with Crippen molar-refractivity contribution in [1.82, 2.24) is 15.0 Å². The van der Waals surface area contributed by atoms with Gasteiger partial charge in [0.2, 0.25) is 5.91 Å². The van der Waals surface area contributed by atoms with Crippen molar-refractivity contribution in [2.45, 2.75) is 95.7 Å². The van der Waals surface area contributed by atoms with Gasteiger partial charge in [-0.1, -0.05) is 69.7 Å². The van der Waals surface area contributed by atoms with Crippen molar-refractivity contribution >= 4 is 40.6 Å². The van der Waals surface area contributed by atoms with Crippen molar-refractivity contribution in [3.05, 3.63) is 76.0 Å². The molecule has 0 unspecified atom stereocenters. The first-order valence-corrected chi connectivity index (χ1v) is 16.2. The lowest BCUT2D eigenvalue weighted by Crippen LogP contribution is -2.47. The third kappa shape index (κ3) is 7.24. The van der Waals surface area contributed by atoms with Crippen LogP contribution < -0.4 is 21.3 Å². The summed E-state index contributed by atoms with van der Waals surface area (Å²) in [7, 11) is 0. The van der Waals surface area contributed by atoms with Gasteiger partial charge in [-0.15, -0.1) is 0 Å². The van der Waals surface area contributed by atoms with Crippen LogP contribution in [-0.2, 0) is 11.2 Å². The summed E-state index contributed by atoms with van der Waals surface area (Å²) in [6.07, 6.45) is 10.8. The molecule has 0 saturated heterocycles. The maximum Gasteiger partial charge on any atom is 0.273 e. The fourth-order valence-electron chi connectivity index (χ4n) is 6.09. The lowest BCUT2D eigenvalue weighted by Gasteiger charge is -2.33. The van der Waals surface area contributed by atoms with Crippen LogP contribution in [-0.4, -0.2) is 34.2 Å². The number of nitrogen functional groups attached to an aromatic ring is 1. The van der Waals surface area contributed by atoms with Gasteiger partial charge in [0, 0.05) is 17.8 Å². The first-order valence-electron chi connectivity index (χ1n) is 15.4. The monoisotopic (exact) mass is 605 g/mol. The molecule has 2 aliphatic rings. The summed E-state index contributed by atoms with van der Waals surface area (Å²) >= 11 is 0.849. The number of anilines is 2. The molecule has 0 radical (unpaired) electrons. The molecule has 43 heavy (non-hydrogen) atoms. The Hall–Kier alpha value is -3.79. The number of carbonyl (C=O) groups excluding carboxylic acids is 3. The molecule has 10 heteroatoms. The van der Waals surface area contributed by atoms with E-state index in [-0.39, 0.29) is 34.2 Å². The van der Waals surface area contributed by atoms with Crippen LogP contribution in [0.5, 0.6) is 0 Å². The molecule has 2 aliphatic carbocycles. The Morgan fingerprint density at radius 3 is 2.07 bits per heavy atom. The Kier molecular flexibility index (Phi) is 10.1. The van der Waals surface area contributed by atoms with Gasteiger partial charge >= 0.3 is 0 Å². The van der Waals surface area contributed by atoms with Crippen LogP contribution in [0.4, 0.5) is 15.8 Å². The SMILES string of the molecule is CCc1ccc(N(C(=O)c2snc(C(=O)NC3CCCCC3)c2N)[C@@H](C(=O)NC2CCCCC2)c2ccc(F)cc2)cc1. The van der Waals surface area contributed by atoms with Crippen molar-refractivity contribution in [2.75, 3.05) is 10.6 Å². The molecule has 2 aromatic carbocycles. The minimum absolute atomic E-state index is 0.00724. The molecule has 0 spiro atoms. The highest BCUT2D eigenvalue weighted by Crippen LogP contribution is 2.34. The van der Waals surface area contributed by atoms with Crippen molar-refractivity contribution < 1.29 is 18.8 Å². The lowest BCUT2D eigenvalue weighted by molar-refractivity contribution is -0.123. The Labute approximate surface area is 256 Å². The van der Waals surface area contributed by atoms with E-state index in [1.54, 1.807) is 12.1 Å². The third-order valence-corrected chi connectivity index (χ3v) is 9.41. The number of aromatic nitrogens is 1. The Morgan fingerprint density at radius 2 is 1.49 bits per heavy atom. The van der Waals surface area contributed by atoms with E-state index in [0.717, 1.165) is 87.7 Å². The van der Waals surface area contributed by atoms with Gasteiger partial charge in [-0.2, -0.15) is 4.37 Å². The van der Waals surface area contributed by atoms with Gasteiger partial charge in [-0.3, -0.25) is 19.3 Å². The maximum absolute atomic E-state index is 14.5. The van der Waals surface area contributed by atoms with Crippen molar-refractivity contribution in [3.8, 4) is 0 Å². The number of amides is 3. The molecule has 1 aromatic heterocycles. The second-order valence-electron chi connectivity index (χ2n) is 11.6. The number of aryl methyl sites for hydroxylation is 1. The summed E-state index contributed by atoms with van der Waals surface area (Å²) in [5, 5.41) is 6.18. The minimum atomic E-state index is -1.11. The predicted octanol–water partition coefficient (Wildman–Crippen LogP) is 6.33. The van der Waals surface area contributed by atoms with Crippen LogP contribution in [0.3, 0.4) is 0 Å². The summed E-state index contributed by atoms with van der Waals surface area (Å²) in [5.41, 5.74) is 8.47. The second kappa shape index (κ2) is 14.1. The number of carbonyl (C=O) groups is 3. The molecule has 2 saturated carbocycles. The summed E-state index contributed by atoms with van der Waals surface area (Å²) in [5.74, 6) is -1.75. The number of nitrogens with two attached hydrogens (primary N) is 1. The number of halogens is 1. The van der Waals surface area contributed by atoms with Gasteiger partial charge in [0.15, 0.2) is 5.69 Å². The first kappa shape index (κ1) is 30.7. The number of nitrogens with zero attached hydrogens (tertiary/aromatic N) is 2. The molecule has 0 bridgehead atoms. The van der Waals surface area contributed by atoms with Gasteiger partial charge in [0.05, 0.1) is 5.69 Å². The summed E-state index contributed by atoms with van der Waals surface area (Å²) < 4.78 is 18.3. The molecule has 3 amide bonds. The van der Waals surface area contributed by atoms with Crippen LogP contribution in [0.15, 0.2) is 48.5 Å². The van der Waals surface area contributed by atoms with E-state index in [0.29, 0.717) is 11.3 Å². The van der Waals surface area contributed by atoms with E-state index in [2.05, 4.69) is 15.0 Å².